The molecule has 0 amide bonds. The number of hydrogen-bond donors (Lipinski definition) is 3. The van der Waals surface area contributed by atoms with Gasteiger partial charge < -0.3 is 20.1 Å². The number of hydrogen-bond acceptors (Lipinski definition) is 6. The third-order valence-electron chi connectivity index (χ3n) is 9.49. The van der Waals surface area contributed by atoms with Crippen molar-refractivity contribution in [2.45, 2.75) is 78.3 Å². The van der Waals surface area contributed by atoms with E-state index < -0.39 is 58.0 Å². The summed E-state index contributed by atoms with van der Waals surface area (Å²) in [5.41, 5.74) is -3.17. The lowest BCUT2D eigenvalue weighted by atomic mass is 9.42. The number of Topliss-reactive ketones (excluding diaryl/α,β-unsaturated/α-hetero) is 1. The van der Waals surface area contributed by atoms with E-state index in [0.29, 0.717) is 18.4 Å². The van der Waals surface area contributed by atoms with Crippen LogP contribution in [0.5, 0.6) is 0 Å². The van der Waals surface area contributed by atoms with Gasteiger partial charge in [0.2, 0.25) is 0 Å². The third kappa shape index (κ3) is 1.66. The van der Waals surface area contributed by atoms with Gasteiger partial charge in [0.25, 0.3) is 0 Å². The van der Waals surface area contributed by atoms with Crippen LogP contribution >= 0.6 is 0 Å². The van der Waals surface area contributed by atoms with Gasteiger partial charge in [0.05, 0.1) is 18.3 Å². The van der Waals surface area contributed by atoms with Crippen molar-refractivity contribution in [3.8, 4) is 0 Å². The average Bonchev–Trinajstić information content (AvgIpc) is 2.83. The Morgan fingerprint density at radius 3 is 2.36 bits per heavy atom. The Bertz CT molecular complexity index is 773. The standard InChI is InChI=1S/C22H32O6/c1-10-14(24)7-8-20(6)17(27)18(28-12(3)23)22-11(2)15(25)9-13(19(22,4)5)16(26)21(10,20)22/h11,13-14,16-18,24,26-27H,1,7-9H2,2-6H3. The van der Waals surface area contributed by atoms with Crippen LogP contribution in [0.3, 0.4) is 0 Å². The first-order valence-electron chi connectivity index (χ1n) is 10.3. The Morgan fingerprint density at radius 1 is 1.18 bits per heavy atom. The number of carbonyl (C=O) groups excluding carboxylic acids is 2. The zero-order chi connectivity index (χ0) is 21.0. The minimum Gasteiger partial charge on any atom is -0.459 e. The van der Waals surface area contributed by atoms with Crippen molar-refractivity contribution in [1.82, 2.24) is 0 Å². The second-order valence-electron chi connectivity index (χ2n) is 10.3. The summed E-state index contributed by atoms with van der Waals surface area (Å²) in [6.07, 6.45) is -2.71. The number of fused-ring (bicyclic) bond motifs is 1. The highest BCUT2D eigenvalue weighted by atomic mass is 16.6. The van der Waals surface area contributed by atoms with Gasteiger partial charge in [-0.25, -0.2) is 0 Å². The number of aliphatic hydroxyl groups is 3. The summed E-state index contributed by atoms with van der Waals surface area (Å²) in [7, 11) is 0. The number of ketones is 1. The van der Waals surface area contributed by atoms with Gasteiger partial charge >= 0.3 is 5.97 Å². The summed E-state index contributed by atoms with van der Waals surface area (Å²) in [5.74, 6) is -1.44. The Hall–Kier alpha value is -1.24. The fraction of sp³-hybridized carbons (Fsp3) is 0.818. The SMILES string of the molecule is C=C1C(O)CCC2(C)C(O)C(OC(C)=O)C34C(C)C(=O)CC(C(O)C123)C4(C)C. The van der Waals surface area contributed by atoms with Gasteiger partial charge in [-0.05, 0) is 29.7 Å². The van der Waals surface area contributed by atoms with Gasteiger partial charge in [0.15, 0.2) is 0 Å². The maximum atomic E-state index is 13.1. The fourth-order valence-electron chi connectivity index (χ4n) is 8.51. The van der Waals surface area contributed by atoms with Gasteiger partial charge in [-0.15, -0.1) is 0 Å². The molecule has 3 N–H and O–H groups in total. The molecule has 0 radical (unpaired) electrons. The lowest BCUT2D eigenvalue weighted by molar-refractivity contribution is -0.189. The van der Waals surface area contributed by atoms with Crippen LogP contribution in [0.2, 0.25) is 0 Å². The number of carbonyl (C=O) groups is 2. The molecule has 9 atom stereocenters. The minimum atomic E-state index is -1.11. The molecule has 156 valence electrons. The van der Waals surface area contributed by atoms with Crippen molar-refractivity contribution in [2.75, 3.05) is 0 Å². The van der Waals surface area contributed by atoms with E-state index >= 15 is 0 Å². The van der Waals surface area contributed by atoms with Crippen LogP contribution in [0.1, 0.15) is 53.9 Å². The van der Waals surface area contributed by atoms with Crippen LogP contribution in [-0.2, 0) is 14.3 Å². The molecule has 4 aliphatic rings. The Kier molecular flexibility index (Phi) is 3.91. The highest BCUT2D eigenvalue weighted by Gasteiger charge is 2.90. The molecule has 0 aromatic rings. The van der Waals surface area contributed by atoms with Crippen molar-refractivity contribution < 1.29 is 29.6 Å². The second-order valence-corrected chi connectivity index (χ2v) is 10.3. The largest absolute Gasteiger partial charge is 0.459 e. The average molecular weight is 392 g/mol. The summed E-state index contributed by atoms with van der Waals surface area (Å²) in [6, 6.07) is 0. The van der Waals surface area contributed by atoms with E-state index in [9.17, 15) is 24.9 Å². The monoisotopic (exact) mass is 392 g/mol. The number of esters is 1. The topological polar surface area (TPSA) is 104 Å². The molecule has 6 heteroatoms. The molecular formula is C22H32O6. The molecule has 4 rings (SSSR count). The molecule has 4 aliphatic carbocycles. The normalized spacial score (nSPS) is 54.3. The summed E-state index contributed by atoms with van der Waals surface area (Å²) in [4.78, 5) is 25.2. The van der Waals surface area contributed by atoms with Crippen molar-refractivity contribution in [3.05, 3.63) is 12.2 Å². The lowest BCUT2D eigenvalue weighted by Gasteiger charge is -2.60. The first kappa shape index (κ1) is 20.0. The van der Waals surface area contributed by atoms with Crippen molar-refractivity contribution in [3.63, 3.8) is 0 Å². The molecule has 4 saturated carbocycles. The van der Waals surface area contributed by atoms with E-state index in [-0.39, 0.29) is 18.1 Å². The molecule has 4 fully saturated rings. The van der Waals surface area contributed by atoms with Crippen LogP contribution < -0.4 is 0 Å². The quantitative estimate of drug-likeness (QED) is 0.463. The molecule has 0 aliphatic heterocycles. The molecule has 9 unspecified atom stereocenters. The van der Waals surface area contributed by atoms with E-state index in [4.69, 9.17) is 4.74 Å². The predicted molar refractivity (Wildman–Crippen MR) is 101 cm³/mol. The van der Waals surface area contributed by atoms with Crippen LogP contribution in [0, 0.1) is 33.5 Å². The molecule has 6 nitrogen and oxygen atoms in total. The molecule has 0 aromatic carbocycles. The minimum absolute atomic E-state index is 0.00159. The highest BCUT2D eigenvalue weighted by molar-refractivity contribution is 5.85. The smallest absolute Gasteiger partial charge is 0.303 e. The van der Waals surface area contributed by atoms with E-state index in [1.54, 1.807) is 0 Å². The number of aliphatic hydroxyl groups excluding tert-OH is 3. The second kappa shape index (κ2) is 5.46. The maximum absolute atomic E-state index is 13.1. The van der Waals surface area contributed by atoms with Crippen molar-refractivity contribution in [2.24, 2.45) is 33.5 Å². The molecule has 0 heterocycles. The summed E-state index contributed by atoms with van der Waals surface area (Å²) in [6.45, 7) is 13.2. The summed E-state index contributed by atoms with van der Waals surface area (Å²) in [5, 5.41) is 34.1. The molecule has 0 aromatic heterocycles. The van der Waals surface area contributed by atoms with E-state index in [2.05, 4.69) is 6.58 Å². The van der Waals surface area contributed by atoms with Crippen LogP contribution in [0.15, 0.2) is 12.2 Å². The number of ether oxygens (including phenoxy) is 1. The third-order valence-corrected chi connectivity index (χ3v) is 9.49. The van der Waals surface area contributed by atoms with Crippen molar-refractivity contribution in [1.29, 1.82) is 0 Å². The highest BCUT2D eigenvalue weighted by Crippen LogP contribution is 2.85. The van der Waals surface area contributed by atoms with Crippen LogP contribution in [-0.4, -0.2) is 51.5 Å². The van der Waals surface area contributed by atoms with Crippen LogP contribution in [0.4, 0.5) is 0 Å². The first-order chi connectivity index (χ1) is 12.8. The van der Waals surface area contributed by atoms with Crippen molar-refractivity contribution >= 4 is 11.8 Å². The zero-order valence-electron chi connectivity index (χ0n) is 17.4. The Balaban J connectivity index is 2.14. The van der Waals surface area contributed by atoms with E-state index in [0.717, 1.165) is 0 Å². The van der Waals surface area contributed by atoms with Crippen LogP contribution in [0.25, 0.3) is 0 Å². The Labute approximate surface area is 166 Å². The first-order valence-corrected chi connectivity index (χ1v) is 10.3. The molecule has 0 saturated heterocycles. The van der Waals surface area contributed by atoms with E-state index in [1.807, 2.05) is 27.7 Å². The van der Waals surface area contributed by atoms with Gasteiger partial charge in [0, 0.05) is 35.5 Å². The predicted octanol–water partition coefficient (Wildman–Crippen LogP) is 1.61. The van der Waals surface area contributed by atoms with Gasteiger partial charge in [-0.3, -0.25) is 9.59 Å². The van der Waals surface area contributed by atoms with E-state index in [1.165, 1.54) is 6.92 Å². The summed E-state index contributed by atoms with van der Waals surface area (Å²) < 4.78 is 5.78. The zero-order valence-corrected chi connectivity index (χ0v) is 17.4. The maximum Gasteiger partial charge on any atom is 0.303 e. The molecular weight excluding hydrogens is 360 g/mol. The molecule has 2 spiro atoms. The molecule has 2 bridgehead atoms. The summed E-state index contributed by atoms with van der Waals surface area (Å²) >= 11 is 0. The van der Waals surface area contributed by atoms with Gasteiger partial charge in [-0.1, -0.05) is 34.3 Å². The number of rotatable bonds is 1. The fourth-order valence-corrected chi connectivity index (χ4v) is 8.51. The lowest BCUT2D eigenvalue weighted by Crippen LogP contribution is -2.63. The van der Waals surface area contributed by atoms with Gasteiger partial charge in [0.1, 0.15) is 11.9 Å². The van der Waals surface area contributed by atoms with Gasteiger partial charge in [-0.2, -0.15) is 0 Å². The Morgan fingerprint density at radius 2 is 1.79 bits per heavy atom. The molecule has 28 heavy (non-hydrogen) atoms.